The first-order valence-corrected chi connectivity index (χ1v) is 10.2. The number of nitrogens with one attached hydrogen (secondary N) is 1. The minimum absolute atomic E-state index is 0.0429. The number of carbonyl (C=O) groups excluding carboxylic acids is 1. The minimum Gasteiger partial charge on any atom is -0.310 e. The second-order valence-electron chi connectivity index (χ2n) is 7.79. The van der Waals surface area contributed by atoms with Crippen LogP contribution >= 0.6 is 15.9 Å². The van der Waals surface area contributed by atoms with Gasteiger partial charge in [-0.05, 0) is 37.1 Å². The van der Waals surface area contributed by atoms with Crippen molar-refractivity contribution in [3.63, 3.8) is 0 Å². The molecule has 0 aliphatic heterocycles. The fraction of sp³-hybridized carbons (Fsp3) is 0.524. The van der Waals surface area contributed by atoms with Gasteiger partial charge >= 0.3 is 0 Å². The van der Waals surface area contributed by atoms with Crippen LogP contribution in [-0.2, 0) is 10.2 Å². The summed E-state index contributed by atoms with van der Waals surface area (Å²) in [6.07, 6.45) is 3.96. The van der Waals surface area contributed by atoms with E-state index < -0.39 is 0 Å². The van der Waals surface area contributed by atoms with Gasteiger partial charge in [0.05, 0.1) is 11.4 Å². The summed E-state index contributed by atoms with van der Waals surface area (Å²) in [6.45, 7) is 10.6. The molecule has 0 fully saturated rings. The van der Waals surface area contributed by atoms with E-state index >= 15 is 0 Å². The lowest BCUT2D eigenvalue weighted by Gasteiger charge is -2.15. The largest absolute Gasteiger partial charge is 0.310 e. The van der Waals surface area contributed by atoms with Crippen LogP contribution < -0.4 is 5.32 Å². The van der Waals surface area contributed by atoms with Gasteiger partial charge in [0.15, 0.2) is 0 Å². The van der Waals surface area contributed by atoms with Crippen molar-refractivity contribution < 1.29 is 4.79 Å². The highest BCUT2D eigenvalue weighted by Crippen LogP contribution is 2.27. The Balaban J connectivity index is 2.35. The molecule has 0 saturated heterocycles. The number of hydrogen-bond donors (Lipinski definition) is 1. The minimum atomic E-state index is -0.0908. The Morgan fingerprint density at radius 2 is 1.88 bits per heavy atom. The van der Waals surface area contributed by atoms with Gasteiger partial charge in [-0.1, -0.05) is 63.4 Å². The molecule has 1 aromatic carbocycles. The van der Waals surface area contributed by atoms with Gasteiger partial charge in [0.2, 0.25) is 5.91 Å². The zero-order valence-electron chi connectivity index (χ0n) is 16.5. The third-order valence-electron chi connectivity index (χ3n) is 4.57. The number of benzene rings is 1. The molecule has 142 valence electrons. The molecular weight excluding hydrogens is 390 g/mol. The molecule has 1 aromatic heterocycles. The van der Waals surface area contributed by atoms with Crippen molar-refractivity contribution in [2.24, 2.45) is 5.92 Å². The van der Waals surface area contributed by atoms with E-state index in [9.17, 15) is 4.79 Å². The van der Waals surface area contributed by atoms with Crippen LogP contribution in [0.3, 0.4) is 0 Å². The third-order valence-corrected chi connectivity index (χ3v) is 5.10. The number of hydrogen-bond acceptors (Lipinski definition) is 2. The lowest BCUT2D eigenvalue weighted by molar-refractivity contribution is -0.120. The summed E-state index contributed by atoms with van der Waals surface area (Å²) >= 11 is 3.47. The molecule has 1 amide bonds. The first-order chi connectivity index (χ1) is 12.3. The highest BCUT2D eigenvalue weighted by molar-refractivity contribution is 9.10. The molecule has 5 heteroatoms. The van der Waals surface area contributed by atoms with E-state index in [1.54, 1.807) is 0 Å². The van der Waals surface area contributed by atoms with E-state index in [4.69, 9.17) is 5.10 Å². The van der Waals surface area contributed by atoms with Gasteiger partial charge in [0, 0.05) is 21.9 Å². The molecule has 2 aromatic rings. The molecule has 1 heterocycles. The van der Waals surface area contributed by atoms with Crippen LogP contribution in [-0.4, -0.2) is 15.7 Å². The molecule has 1 N–H and O–H groups in total. The summed E-state index contributed by atoms with van der Waals surface area (Å²) in [7, 11) is 0. The van der Waals surface area contributed by atoms with E-state index in [0.717, 1.165) is 47.4 Å². The predicted octanol–water partition coefficient (Wildman–Crippen LogP) is 6.09. The fourth-order valence-corrected chi connectivity index (χ4v) is 3.08. The number of unbranched alkanes of at least 4 members (excludes halogenated alkanes) is 1. The smallest absolute Gasteiger partial charge is 0.228 e. The summed E-state index contributed by atoms with van der Waals surface area (Å²) in [6, 6.07) is 9.94. The van der Waals surface area contributed by atoms with Gasteiger partial charge in [-0.2, -0.15) is 5.10 Å². The second kappa shape index (κ2) is 8.85. The van der Waals surface area contributed by atoms with E-state index in [-0.39, 0.29) is 17.2 Å². The Kier molecular flexibility index (Phi) is 7.04. The van der Waals surface area contributed by atoms with Crippen LogP contribution in [0.15, 0.2) is 34.8 Å². The van der Waals surface area contributed by atoms with Crippen molar-refractivity contribution in [2.45, 2.75) is 65.7 Å². The lowest BCUT2D eigenvalue weighted by atomic mass is 9.92. The van der Waals surface area contributed by atoms with Gasteiger partial charge in [-0.15, -0.1) is 0 Å². The molecule has 0 unspecified atom stereocenters. The van der Waals surface area contributed by atoms with Crippen LogP contribution in [0.2, 0.25) is 0 Å². The zero-order valence-corrected chi connectivity index (χ0v) is 18.1. The lowest BCUT2D eigenvalue weighted by Crippen LogP contribution is -2.23. The maximum Gasteiger partial charge on any atom is 0.228 e. The van der Waals surface area contributed by atoms with Crippen molar-refractivity contribution in [1.29, 1.82) is 0 Å². The highest BCUT2D eigenvalue weighted by Gasteiger charge is 2.23. The molecule has 0 bridgehead atoms. The summed E-state index contributed by atoms with van der Waals surface area (Å²) in [5.41, 5.74) is 1.80. The summed E-state index contributed by atoms with van der Waals surface area (Å²) in [4.78, 5) is 12.8. The first-order valence-electron chi connectivity index (χ1n) is 9.43. The van der Waals surface area contributed by atoms with Crippen LogP contribution in [0.5, 0.6) is 0 Å². The average Bonchev–Trinajstić information content (AvgIpc) is 3.00. The fourth-order valence-electron chi connectivity index (χ4n) is 2.82. The number of carbonyl (C=O) groups is 1. The SMILES string of the molecule is CCCC[C@@H](CC)C(=O)Nc1cc(C(C)(C)C)nn1-c1ccc(Br)cc1. The highest BCUT2D eigenvalue weighted by atomic mass is 79.9. The Morgan fingerprint density at radius 3 is 2.42 bits per heavy atom. The Bertz CT molecular complexity index is 729. The molecule has 0 radical (unpaired) electrons. The van der Waals surface area contributed by atoms with Gasteiger partial charge in [-0.25, -0.2) is 4.68 Å². The quantitative estimate of drug-likeness (QED) is 0.590. The molecule has 0 spiro atoms. The van der Waals surface area contributed by atoms with Crippen LogP contribution in [0.4, 0.5) is 5.82 Å². The topological polar surface area (TPSA) is 46.9 Å². The monoisotopic (exact) mass is 419 g/mol. The van der Waals surface area contributed by atoms with Gasteiger partial charge in [0.1, 0.15) is 5.82 Å². The van der Waals surface area contributed by atoms with Crippen molar-refractivity contribution in [3.05, 3.63) is 40.5 Å². The Hall–Kier alpha value is -1.62. The Morgan fingerprint density at radius 1 is 1.23 bits per heavy atom. The number of rotatable bonds is 7. The maximum absolute atomic E-state index is 12.8. The standard InChI is InChI=1S/C21H30BrN3O/c1-6-8-9-15(7-2)20(26)23-19-14-18(21(3,4)5)24-25(19)17-12-10-16(22)11-13-17/h10-15H,6-9H2,1-5H3,(H,23,26)/t15-/m1/s1. The molecule has 0 aliphatic carbocycles. The normalized spacial score (nSPS) is 12.8. The molecular formula is C21H30BrN3O. The summed E-state index contributed by atoms with van der Waals surface area (Å²) < 4.78 is 2.85. The van der Waals surface area contributed by atoms with Gasteiger partial charge in [-0.3, -0.25) is 4.79 Å². The van der Waals surface area contributed by atoms with E-state index in [2.05, 4.69) is 55.9 Å². The summed E-state index contributed by atoms with van der Waals surface area (Å²) in [5, 5.41) is 7.89. The molecule has 0 aliphatic rings. The number of halogens is 1. The molecule has 1 atom stereocenters. The number of anilines is 1. The summed E-state index contributed by atoms with van der Waals surface area (Å²) in [5.74, 6) is 0.859. The second-order valence-corrected chi connectivity index (χ2v) is 8.71. The van der Waals surface area contributed by atoms with Crippen molar-refractivity contribution in [3.8, 4) is 5.69 Å². The first kappa shape index (κ1) is 20.7. The predicted molar refractivity (Wildman–Crippen MR) is 112 cm³/mol. The van der Waals surface area contributed by atoms with Gasteiger partial charge in [0.25, 0.3) is 0 Å². The molecule has 4 nitrogen and oxygen atoms in total. The van der Waals surface area contributed by atoms with E-state index in [1.807, 2.05) is 35.0 Å². The van der Waals surface area contributed by atoms with Crippen LogP contribution in [0, 0.1) is 5.92 Å². The Labute approximate surface area is 165 Å². The third kappa shape index (κ3) is 5.19. The number of amides is 1. The number of nitrogens with zero attached hydrogens (tertiary/aromatic N) is 2. The molecule has 26 heavy (non-hydrogen) atoms. The zero-order chi connectivity index (χ0) is 19.3. The van der Waals surface area contributed by atoms with Crippen LogP contribution in [0.25, 0.3) is 5.69 Å². The van der Waals surface area contributed by atoms with Crippen molar-refractivity contribution in [2.75, 3.05) is 5.32 Å². The maximum atomic E-state index is 12.8. The average molecular weight is 420 g/mol. The van der Waals surface area contributed by atoms with Crippen LogP contribution in [0.1, 0.15) is 66.0 Å². The van der Waals surface area contributed by atoms with Crippen molar-refractivity contribution >= 4 is 27.7 Å². The van der Waals surface area contributed by atoms with Gasteiger partial charge < -0.3 is 5.32 Å². The number of aromatic nitrogens is 2. The van der Waals surface area contributed by atoms with Crippen molar-refractivity contribution in [1.82, 2.24) is 9.78 Å². The molecule has 2 rings (SSSR count). The molecule has 0 saturated carbocycles. The van der Waals surface area contributed by atoms with E-state index in [0.29, 0.717) is 0 Å². The van der Waals surface area contributed by atoms with E-state index in [1.165, 1.54) is 0 Å².